The minimum atomic E-state index is -3.76. The van der Waals surface area contributed by atoms with Crippen molar-refractivity contribution in [2.24, 2.45) is 16.0 Å². The Morgan fingerprint density at radius 3 is 2.33 bits per heavy atom. The third-order valence-electron chi connectivity index (χ3n) is 1.94. The van der Waals surface area contributed by atoms with Gasteiger partial charge in [-0.3, -0.25) is 4.79 Å². The van der Waals surface area contributed by atoms with E-state index in [4.69, 9.17) is 16.1 Å². The summed E-state index contributed by atoms with van der Waals surface area (Å²) in [6, 6.07) is 5.27. The Hall–Kier alpha value is -2.13. The number of sulfonamides is 1. The van der Waals surface area contributed by atoms with Crippen LogP contribution in [0.25, 0.3) is 0 Å². The average molecular weight is 272 g/mol. The van der Waals surface area contributed by atoms with E-state index in [9.17, 15) is 13.2 Å². The van der Waals surface area contributed by atoms with Crippen LogP contribution in [-0.2, 0) is 14.8 Å². The maximum atomic E-state index is 11.3. The monoisotopic (exact) mass is 272 g/mol. The second-order valence-corrected chi connectivity index (χ2v) is 4.95. The Morgan fingerprint density at radius 1 is 1.33 bits per heavy atom. The summed E-state index contributed by atoms with van der Waals surface area (Å²) in [7, 11) is -3.76. The molecule has 1 aromatic carbocycles. The quantitative estimate of drug-likeness (QED) is 0.250. The Balaban J connectivity index is 2.73. The lowest BCUT2D eigenvalue weighted by atomic mass is 10.3. The fourth-order valence-electron chi connectivity index (χ4n) is 1.13. The van der Waals surface area contributed by atoms with E-state index in [0.29, 0.717) is 5.69 Å². The number of primary sulfonamides is 1. The van der Waals surface area contributed by atoms with Crippen molar-refractivity contribution in [1.29, 1.82) is 0 Å². The second-order valence-electron chi connectivity index (χ2n) is 3.39. The standard InChI is InChI=1S/C9H12N4O4S/c10-8(13-15)5-9(14)12-6-1-3-7(4-2-6)18(11,16)17/h1-4,15H,5H2,(H2,10,13)(H,12,14)(H2,11,16,17). The van der Waals surface area contributed by atoms with Crippen molar-refractivity contribution in [2.45, 2.75) is 11.3 Å². The molecule has 0 fully saturated rings. The fourth-order valence-corrected chi connectivity index (χ4v) is 1.65. The van der Waals surface area contributed by atoms with E-state index >= 15 is 0 Å². The molecule has 18 heavy (non-hydrogen) atoms. The van der Waals surface area contributed by atoms with Gasteiger partial charge in [0, 0.05) is 5.69 Å². The number of nitrogens with one attached hydrogen (secondary N) is 1. The first-order chi connectivity index (χ1) is 8.32. The number of benzene rings is 1. The van der Waals surface area contributed by atoms with Crippen LogP contribution in [0.2, 0.25) is 0 Å². The average Bonchev–Trinajstić information content (AvgIpc) is 2.28. The maximum Gasteiger partial charge on any atom is 0.238 e. The molecule has 0 radical (unpaired) electrons. The Kier molecular flexibility index (Phi) is 4.23. The largest absolute Gasteiger partial charge is 0.409 e. The predicted molar refractivity (Wildman–Crippen MR) is 64.5 cm³/mol. The van der Waals surface area contributed by atoms with E-state index in [0.717, 1.165) is 0 Å². The highest BCUT2D eigenvalue weighted by Gasteiger charge is 2.08. The zero-order valence-corrected chi connectivity index (χ0v) is 10.0. The number of nitrogens with zero attached hydrogens (tertiary/aromatic N) is 1. The van der Waals surface area contributed by atoms with Crippen LogP contribution in [0.4, 0.5) is 5.69 Å². The van der Waals surface area contributed by atoms with Gasteiger partial charge in [0.15, 0.2) is 0 Å². The Morgan fingerprint density at radius 2 is 1.89 bits per heavy atom. The molecule has 0 spiro atoms. The van der Waals surface area contributed by atoms with Gasteiger partial charge in [0.25, 0.3) is 0 Å². The first kappa shape index (κ1) is 13.9. The van der Waals surface area contributed by atoms with Crippen LogP contribution in [0.1, 0.15) is 6.42 Å². The summed E-state index contributed by atoms with van der Waals surface area (Å²) in [5.41, 5.74) is 5.53. The van der Waals surface area contributed by atoms with Gasteiger partial charge in [0.05, 0.1) is 11.3 Å². The molecule has 8 nitrogen and oxygen atoms in total. The van der Waals surface area contributed by atoms with Crippen molar-refractivity contribution < 1.29 is 18.4 Å². The Bertz CT molecular complexity index is 565. The van der Waals surface area contributed by atoms with Crippen LogP contribution in [0, 0.1) is 0 Å². The molecule has 0 unspecified atom stereocenters. The summed E-state index contributed by atoms with van der Waals surface area (Å²) >= 11 is 0. The van der Waals surface area contributed by atoms with E-state index in [2.05, 4.69) is 10.5 Å². The summed E-state index contributed by atoms with van der Waals surface area (Å²) in [5, 5.41) is 18.3. The number of carbonyl (C=O) groups excluding carboxylic acids is 1. The van der Waals surface area contributed by atoms with Crippen LogP contribution in [0.15, 0.2) is 34.3 Å². The molecule has 1 amide bonds. The van der Waals surface area contributed by atoms with Gasteiger partial charge in [-0.25, -0.2) is 13.6 Å². The van der Waals surface area contributed by atoms with E-state index in [-0.39, 0.29) is 17.2 Å². The number of rotatable bonds is 4. The Labute approximate surface area is 103 Å². The summed E-state index contributed by atoms with van der Waals surface area (Å²) in [6.07, 6.45) is -0.270. The van der Waals surface area contributed by atoms with Crippen molar-refractivity contribution >= 4 is 27.5 Å². The first-order valence-corrected chi connectivity index (χ1v) is 6.26. The molecule has 98 valence electrons. The number of anilines is 1. The van der Waals surface area contributed by atoms with E-state index < -0.39 is 15.9 Å². The van der Waals surface area contributed by atoms with Gasteiger partial charge in [-0.05, 0) is 24.3 Å². The molecule has 9 heteroatoms. The maximum absolute atomic E-state index is 11.3. The van der Waals surface area contributed by atoms with Crippen molar-refractivity contribution in [2.75, 3.05) is 5.32 Å². The van der Waals surface area contributed by atoms with Gasteiger partial charge in [-0.2, -0.15) is 0 Å². The molecular formula is C9H12N4O4S. The van der Waals surface area contributed by atoms with Gasteiger partial charge in [0.1, 0.15) is 5.84 Å². The van der Waals surface area contributed by atoms with Gasteiger partial charge in [-0.1, -0.05) is 5.16 Å². The molecule has 0 saturated carbocycles. The molecule has 1 aromatic rings. The minimum Gasteiger partial charge on any atom is -0.409 e. The lowest BCUT2D eigenvalue weighted by Gasteiger charge is -2.05. The fraction of sp³-hybridized carbons (Fsp3) is 0.111. The molecule has 0 bridgehead atoms. The zero-order chi connectivity index (χ0) is 13.8. The van der Waals surface area contributed by atoms with Crippen LogP contribution < -0.4 is 16.2 Å². The lowest BCUT2D eigenvalue weighted by molar-refractivity contribution is -0.115. The first-order valence-electron chi connectivity index (χ1n) is 4.72. The number of hydrogen-bond donors (Lipinski definition) is 4. The summed E-state index contributed by atoms with van der Waals surface area (Å²) in [6.45, 7) is 0. The van der Waals surface area contributed by atoms with Gasteiger partial charge < -0.3 is 16.3 Å². The number of amides is 1. The third kappa shape index (κ3) is 4.03. The second kappa shape index (κ2) is 5.47. The number of carbonyl (C=O) groups is 1. The minimum absolute atomic E-state index is 0.0584. The van der Waals surface area contributed by atoms with Crippen molar-refractivity contribution in [3.05, 3.63) is 24.3 Å². The van der Waals surface area contributed by atoms with Gasteiger partial charge >= 0.3 is 0 Å². The molecule has 0 atom stereocenters. The molecule has 0 heterocycles. The van der Waals surface area contributed by atoms with E-state index in [1.54, 1.807) is 0 Å². The highest BCUT2D eigenvalue weighted by atomic mass is 32.2. The SMILES string of the molecule is N/C(CC(=O)Nc1ccc(S(N)(=O)=O)cc1)=N\O. The normalized spacial score (nSPS) is 12.2. The molecule has 0 aliphatic rings. The van der Waals surface area contributed by atoms with Crippen LogP contribution in [0.5, 0.6) is 0 Å². The third-order valence-corrected chi connectivity index (χ3v) is 2.87. The number of amidine groups is 1. The van der Waals surface area contributed by atoms with Crippen molar-refractivity contribution in [1.82, 2.24) is 0 Å². The van der Waals surface area contributed by atoms with Crippen LogP contribution >= 0.6 is 0 Å². The number of oxime groups is 1. The van der Waals surface area contributed by atoms with Crippen molar-refractivity contribution in [3.63, 3.8) is 0 Å². The zero-order valence-electron chi connectivity index (χ0n) is 9.20. The van der Waals surface area contributed by atoms with Crippen molar-refractivity contribution in [3.8, 4) is 0 Å². The summed E-state index contributed by atoms with van der Waals surface area (Å²) in [5.74, 6) is -0.720. The predicted octanol–water partition coefficient (Wildman–Crippen LogP) is -0.591. The molecule has 1 rings (SSSR count). The van der Waals surface area contributed by atoms with E-state index in [1.165, 1.54) is 24.3 Å². The van der Waals surface area contributed by atoms with Crippen LogP contribution in [-0.4, -0.2) is 25.4 Å². The molecular weight excluding hydrogens is 260 g/mol. The summed E-state index contributed by atoms with van der Waals surface area (Å²) < 4.78 is 22.0. The highest BCUT2D eigenvalue weighted by Crippen LogP contribution is 2.12. The smallest absolute Gasteiger partial charge is 0.238 e. The van der Waals surface area contributed by atoms with E-state index in [1.807, 2.05) is 0 Å². The van der Waals surface area contributed by atoms with Crippen LogP contribution in [0.3, 0.4) is 0 Å². The van der Waals surface area contributed by atoms with Gasteiger partial charge in [-0.15, -0.1) is 0 Å². The molecule has 0 aliphatic carbocycles. The number of nitrogens with two attached hydrogens (primary N) is 2. The molecule has 0 aliphatic heterocycles. The summed E-state index contributed by atoms with van der Waals surface area (Å²) in [4.78, 5) is 11.3. The van der Waals surface area contributed by atoms with Gasteiger partial charge in [0.2, 0.25) is 15.9 Å². The molecule has 0 saturated heterocycles. The number of hydrogen-bond acceptors (Lipinski definition) is 5. The molecule has 0 aromatic heterocycles. The highest BCUT2D eigenvalue weighted by molar-refractivity contribution is 7.89. The molecule has 6 N–H and O–H groups in total. The topological polar surface area (TPSA) is 148 Å². The lowest BCUT2D eigenvalue weighted by Crippen LogP contribution is -2.22.